The molecule has 0 atom stereocenters. The summed E-state index contributed by atoms with van der Waals surface area (Å²) in [6, 6.07) is 0. The van der Waals surface area contributed by atoms with Gasteiger partial charge in [-0.2, -0.15) is 0 Å². The minimum atomic E-state index is -1.01. The first-order chi connectivity index (χ1) is 9.45. The van der Waals surface area contributed by atoms with E-state index < -0.39 is 11.6 Å². The Kier molecular flexibility index (Phi) is 4.34. The third kappa shape index (κ3) is 3.13. The van der Waals surface area contributed by atoms with Crippen molar-refractivity contribution >= 4 is 23.4 Å². The van der Waals surface area contributed by atoms with Gasteiger partial charge in [-0.3, -0.25) is 4.79 Å². The van der Waals surface area contributed by atoms with Crippen molar-refractivity contribution in [1.29, 1.82) is 0 Å². The van der Waals surface area contributed by atoms with Crippen LogP contribution in [-0.2, 0) is 16.0 Å². The summed E-state index contributed by atoms with van der Waals surface area (Å²) in [5.41, 5.74) is 0.166. The maximum atomic E-state index is 12.3. The van der Waals surface area contributed by atoms with E-state index in [0.717, 1.165) is 30.1 Å². The third-order valence-corrected chi connectivity index (χ3v) is 3.87. The molecule has 0 radical (unpaired) electrons. The molecule has 0 aliphatic carbocycles. The molecule has 1 saturated heterocycles. The van der Waals surface area contributed by atoms with E-state index >= 15 is 0 Å². The number of aromatic nitrogens is 2. The first-order valence-electron chi connectivity index (χ1n) is 6.41. The third-order valence-electron chi connectivity index (χ3n) is 3.12. The van der Waals surface area contributed by atoms with E-state index in [4.69, 9.17) is 9.84 Å². The lowest BCUT2D eigenvalue weighted by Crippen LogP contribution is -2.63. The summed E-state index contributed by atoms with van der Waals surface area (Å²) in [4.78, 5) is 25.0. The van der Waals surface area contributed by atoms with Crippen LogP contribution in [0.2, 0.25) is 0 Å². The number of likely N-dealkylation sites (tertiary alicyclic amines) is 1. The largest absolute Gasteiger partial charge is 0.480 e. The molecule has 2 rings (SSSR count). The molecule has 0 bridgehead atoms. The second kappa shape index (κ2) is 5.84. The molecule has 110 valence electrons. The molecular formula is C12H17N3O4S. The van der Waals surface area contributed by atoms with E-state index in [1.807, 2.05) is 6.92 Å². The number of amides is 1. The lowest BCUT2D eigenvalue weighted by molar-refractivity contribution is -0.159. The molecule has 8 heteroatoms. The highest BCUT2D eigenvalue weighted by molar-refractivity contribution is 7.08. The van der Waals surface area contributed by atoms with E-state index in [2.05, 4.69) is 9.59 Å². The Morgan fingerprint density at radius 2 is 2.20 bits per heavy atom. The number of rotatable bonds is 6. The van der Waals surface area contributed by atoms with Crippen molar-refractivity contribution in [1.82, 2.24) is 14.5 Å². The fourth-order valence-electron chi connectivity index (χ4n) is 2.15. The first-order valence-corrected chi connectivity index (χ1v) is 7.19. The minimum Gasteiger partial charge on any atom is -0.480 e. The second-order valence-electron chi connectivity index (χ2n) is 5.09. The van der Waals surface area contributed by atoms with Crippen molar-refractivity contribution in [2.45, 2.75) is 32.3 Å². The maximum Gasteiger partial charge on any atom is 0.329 e. The Hall–Kier alpha value is -1.54. The van der Waals surface area contributed by atoms with Gasteiger partial charge in [0.2, 0.25) is 0 Å². The van der Waals surface area contributed by atoms with Gasteiger partial charge in [-0.05, 0) is 24.9 Å². The van der Waals surface area contributed by atoms with Crippen molar-refractivity contribution in [3.8, 4) is 0 Å². The minimum absolute atomic E-state index is 0.0974. The van der Waals surface area contributed by atoms with Gasteiger partial charge in [0.15, 0.2) is 0 Å². The van der Waals surface area contributed by atoms with Crippen LogP contribution in [0.25, 0.3) is 0 Å². The van der Waals surface area contributed by atoms with Gasteiger partial charge in [-0.15, -0.1) is 5.10 Å². The molecule has 1 aliphatic heterocycles. The predicted molar refractivity (Wildman–Crippen MR) is 71.8 cm³/mol. The topological polar surface area (TPSA) is 92.6 Å². The van der Waals surface area contributed by atoms with E-state index in [0.29, 0.717) is 18.0 Å². The second-order valence-corrected chi connectivity index (χ2v) is 5.85. The summed E-state index contributed by atoms with van der Waals surface area (Å²) in [5, 5.41) is 12.6. The van der Waals surface area contributed by atoms with Gasteiger partial charge in [-0.1, -0.05) is 17.8 Å². The summed E-state index contributed by atoms with van der Waals surface area (Å²) >= 11 is 1.11. The number of ether oxygens (including phenoxy) is 1. The van der Waals surface area contributed by atoms with Gasteiger partial charge in [0.05, 0.1) is 18.8 Å². The molecule has 0 saturated carbocycles. The summed E-state index contributed by atoms with van der Waals surface area (Å²) < 4.78 is 9.11. The smallest absolute Gasteiger partial charge is 0.329 e. The molecule has 7 nitrogen and oxygen atoms in total. The molecular weight excluding hydrogens is 282 g/mol. The van der Waals surface area contributed by atoms with Crippen LogP contribution in [-0.4, -0.2) is 56.8 Å². The average molecular weight is 299 g/mol. The monoisotopic (exact) mass is 299 g/mol. The molecule has 0 aromatic carbocycles. The van der Waals surface area contributed by atoms with Gasteiger partial charge in [0.25, 0.3) is 5.91 Å². The van der Waals surface area contributed by atoms with Crippen LogP contribution in [0.3, 0.4) is 0 Å². The Balaban J connectivity index is 1.93. The van der Waals surface area contributed by atoms with Crippen LogP contribution in [0.1, 0.15) is 35.6 Å². The normalized spacial score (nSPS) is 16.8. The molecule has 0 unspecified atom stereocenters. The Bertz CT molecular complexity index is 511. The van der Waals surface area contributed by atoms with Crippen LogP contribution in [0.5, 0.6) is 0 Å². The molecule has 20 heavy (non-hydrogen) atoms. The van der Waals surface area contributed by atoms with E-state index in [1.54, 1.807) is 11.8 Å². The Morgan fingerprint density at radius 3 is 2.80 bits per heavy atom. The number of hydrogen-bond donors (Lipinski definition) is 1. The van der Waals surface area contributed by atoms with E-state index in [-0.39, 0.29) is 12.5 Å². The zero-order valence-electron chi connectivity index (χ0n) is 11.5. The number of carbonyl (C=O) groups excluding carboxylic acids is 1. The van der Waals surface area contributed by atoms with Crippen molar-refractivity contribution in [3.05, 3.63) is 10.6 Å². The zero-order chi connectivity index (χ0) is 14.8. The van der Waals surface area contributed by atoms with Crippen molar-refractivity contribution in [2.75, 3.05) is 19.7 Å². The van der Waals surface area contributed by atoms with Crippen LogP contribution >= 0.6 is 11.5 Å². The van der Waals surface area contributed by atoms with Gasteiger partial charge in [0, 0.05) is 0 Å². The summed E-state index contributed by atoms with van der Waals surface area (Å²) in [5.74, 6) is -1.10. The van der Waals surface area contributed by atoms with Gasteiger partial charge >= 0.3 is 5.97 Å². The fourth-order valence-corrected chi connectivity index (χ4v) is 2.82. The molecule has 1 N–H and O–H groups in total. The average Bonchev–Trinajstić information content (AvgIpc) is 2.81. The SMILES string of the molecule is CCCc1nnsc1C(=O)N1CC(C)(OCC(=O)O)C1. The lowest BCUT2D eigenvalue weighted by Gasteiger charge is -2.47. The standard InChI is InChI=1S/C12H17N3O4S/c1-3-4-8-10(20-14-13-8)11(18)15-6-12(2,7-15)19-5-9(16)17/h3-7H2,1-2H3,(H,16,17). The molecule has 1 amide bonds. The summed E-state index contributed by atoms with van der Waals surface area (Å²) in [7, 11) is 0. The van der Waals surface area contributed by atoms with Crippen LogP contribution in [0, 0.1) is 0 Å². The Morgan fingerprint density at radius 1 is 1.50 bits per heavy atom. The van der Waals surface area contributed by atoms with Crippen molar-refractivity contribution < 1.29 is 19.4 Å². The quantitative estimate of drug-likeness (QED) is 0.835. The van der Waals surface area contributed by atoms with Gasteiger partial charge < -0.3 is 14.7 Å². The van der Waals surface area contributed by atoms with Crippen molar-refractivity contribution in [2.24, 2.45) is 0 Å². The van der Waals surface area contributed by atoms with Gasteiger partial charge in [-0.25, -0.2) is 4.79 Å². The lowest BCUT2D eigenvalue weighted by atomic mass is 9.96. The number of aliphatic carboxylic acids is 1. The van der Waals surface area contributed by atoms with Crippen LogP contribution in [0.4, 0.5) is 0 Å². The number of carbonyl (C=O) groups is 2. The predicted octanol–water partition coefficient (Wildman–Crippen LogP) is 0.806. The highest BCUT2D eigenvalue weighted by Crippen LogP contribution is 2.27. The number of carboxylic acid groups (broad SMARTS) is 1. The molecule has 0 spiro atoms. The molecule has 1 fully saturated rings. The summed E-state index contributed by atoms with van der Waals surface area (Å²) in [6.45, 7) is 4.26. The van der Waals surface area contributed by atoms with E-state index in [1.165, 1.54) is 0 Å². The molecule has 1 aliphatic rings. The maximum absolute atomic E-state index is 12.3. The summed E-state index contributed by atoms with van der Waals surface area (Å²) in [6.07, 6.45) is 1.64. The number of nitrogens with zero attached hydrogens (tertiary/aromatic N) is 3. The van der Waals surface area contributed by atoms with Crippen molar-refractivity contribution in [3.63, 3.8) is 0 Å². The van der Waals surface area contributed by atoms with Crippen LogP contribution < -0.4 is 0 Å². The molecule has 1 aromatic rings. The highest BCUT2D eigenvalue weighted by Gasteiger charge is 2.43. The Labute approximate surface area is 120 Å². The first kappa shape index (κ1) is 14.9. The molecule has 1 aromatic heterocycles. The fraction of sp³-hybridized carbons (Fsp3) is 0.667. The van der Waals surface area contributed by atoms with Crippen LogP contribution in [0.15, 0.2) is 0 Å². The number of carboxylic acids is 1. The number of hydrogen-bond acceptors (Lipinski definition) is 6. The molecule has 2 heterocycles. The zero-order valence-corrected chi connectivity index (χ0v) is 12.3. The van der Waals surface area contributed by atoms with E-state index in [9.17, 15) is 9.59 Å². The number of aryl methyl sites for hydroxylation is 1. The highest BCUT2D eigenvalue weighted by atomic mass is 32.1. The van der Waals surface area contributed by atoms with Gasteiger partial charge in [0.1, 0.15) is 17.1 Å².